The number of hydrogen-bond acceptors (Lipinski definition) is 2. The smallest absolute Gasteiger partial charge is 0.337 e. The molecule has 0 radical (unpaired) electrons. The van der Waals surface area contributed by atoms with E-state index in [0.29, 0.717) is 16.1 Å². The molecule has 1 aromatic heterocycles. The van der Waals surface area contributed by atoms with Gasteiger partial charge in [-0.15, -0.1) is 0 Å². The Labute approximate surface area is 180 Å². The van der Waals surface area contributed by atoms with E-state index >= 15 is 0 Å². The fourth-order valence-electron chi connectivity index (χ4n) is 3.90. The van der Waals surface area contributed by atoms with Crippen molar-refractivity contribution in [2.24, 2.45) is 0 Å². The van der Waals surface area contributed by atoms with Gasteiger partial charge in [0.2, 0.25) is 0 Å². The number of aryl methyl sites for hydroxylation is 2. The monoisotopic (exact) mass is 418 g/mol. The van der Waals surface area contributed by atoms with Crippen molar-refractivity contribution in [3.8, 4) is 16.8 Å². The van der Waals surface area contributed by atoms with E-state index < -0.39 is 5.97 Å². The zero-order chi connectivity index (χ0) is 21.3. The van der Waals surface area contributed by atoms with Crippen molar-refractivity contribution in [1.82, 2.24) is 9.55 Å². The molecule has 0 spiro atoms. The molecule has 3 aromatic carbocycles. The topological polar surface area (TPSA) is 55.1 Å². The van der Waals surface area contributed by atoms with Crippen LogP contribution in [0.25, 0.3) is 27.8 Å². The largest absolute Gasteiger partial charge is 0.478 e. The minimum absolute atomic E-state index is 0.227. The number of halogens is 1. The van der Waals surface area contributed by atoms with Crippen molar-refractivity contribution >= 4 is 28.6 Å². The number of unbranched alkanes of at least 4 members (excludes halogenated alkanes) is 1. The molecule has 0 amide bonds. The van der Waals surface area contributed by atoms with Gasteiger partial charge in [-0.3, -0.25) is 4.57 Å². The number of benzene rings is 3. The van der Waals surface area contributed by atoms with Crippen LogP contribution in [0.15, 0.2) is 60.7 Å². The van der Waals surface area contributed by atoms with Crippen LogP contribution in [0.5, 0.6) is 0 Å². The third-order valence-electron chi connectivity index (χ3n) is 5.41. The maximum Gasteiger partial charge on any atom is 0.337 e. The fraction of sp³-hybridized carbons (Fsp3) is 0.200. The predicted octanol–water partition coefficient (Wildman–Crippen LogP) is 6.70. The Hall–Kier alpha value is -3.11. The molecular formula is C25H23ClN2O2. The van der Waals surface area contributed by atoms with E-state index in [1.165, 1.54) is 0 Å². The van der Waals surface area contributed by atoms with Gasteiger partial charge in [0.15, 0.2) is 0 Å². The third kappa shape index (κ3) is 3.48. The Kier molecular flexibility index (Phi) is 5.60. The van der Waals surface area contributed by atoms with Gasteiger partial charge in [0.05, 0.1) is 27.3 Å². The quantitative estimate of drug-likeness (QED) is 0.379. The molecule has 1 heterocycles. The van der Waals surface area contributed by atoms with Crippen LogP contribution in [0.1, 0.15) is 41.5 Å². The van der Waals surface area contributed by atoms with E-state index in [1.807, 2.05) is 66.1 Å². The van der Waals surface area contributed by atoms with E-state index in [0.717, 1.165) is 47.5 Å². The highest BCUT2D eigenvalue weighted by molar-refractivity contribution is 6.32. The highest BCUT2D eigenvalue weighted by Crippen LogP contribution is 2.36. The van der Waals surface area contributed by atoms with Crippen LogP contribution >= 0.6 is 11.6 Å². The van der Waals surface area contributed by atoms with Crippen LogP contribution < -0.4 is 0 Å². The molecule has 0 saturated heterocycles. The molecule has 1 N–H and O–H groups in total. The summed E-state index contributed by atoms with van der Waals surface area (Å²) in [4.78, 5) is 17.3. The van der Waals surface area contributed by atoms with Crippen LogP contribution in [0.3, 0.4) is 0 Å². The van der Waals surface area contributed by atoms with Crippen molar-refractivity contribution in [3.05, 3.63) is 82.6 Å². The first-order valence-electron chi connectivity index (χ1n) is 10.1. The number of carboxylic acids is 1. The Morgan fingerprint density at radius 3 is 2.47 bits per heavy atom. The second-order valence-corrected chi connectivity index (χ2v) is 7.79. The Bertz CT molecular complexity index is 1230. The predicted molar refractivity (Wildman–Crippen MR) is 122 cm³/mol. The maximum absolute atomic E-state index is 12.3. The second kappa shape index (κ2) is 8.33. The number of aromatic nitrogens is 2. The average molecular weight is 419 g/mol. The highest BCUT2D eigenvalue weighted by atomic mass is 35.5. The molecule has 152 valence electrons. The van der Waals surface area contributed by atoms with E-state index in [-0.39, 0.29) is 5.56 Å². The number of hydrogen-bond donors (Lipinski definition) is 1. The molecule has 4 aromatic rings. The SMILES string of the molecule is CCCCc1nc2c(C)c(-c3ccccc3)cc(C(=O)O)c2n1-c1ccccc1Cl. The normalized spacial score (nSPS) is 11.2. The Morgan fingerprint density at radius 2 is 1.80 bits per heavy atom. The lowest BCUT2D eigenvalue weighted by Crippen LogP contribution is -2.07. The summed E-state index contributed by atoms with van der Waals surface area (Å²) in [5.74, 6) is -0.150. The number of rotatable bonds is 6. The minimum Gasteiger partial charge on any atom is -0.478 e. The molecule has 0 atom stereocenters. The lowest BCUT2D eigenvalue weighted by atomic mass is 9.96. The lowest BCUT2D eigenvalue weighted by molar-refractivity contribution is 0.0698. The Morgan fingerprint density at radius 1 is 1.10 bits per heavy atom. The maximum atomic E-state index is 12.3. The number of aromatic carboxylic acids is 1. The summed E-state index contributed by atoms with van der Waals surface area (Å²) in [6, 6.07) is 19.1. The summed E-state index contributed by atoms with van der Waals surface area (Å²) in [5.41, 5.74) is 5.10. The first-order chi connectivity index (χ1) is 14.5. The van der Waals surface area contributed by atoms with E-state index in [9.17, 15) is 9.90 Å². The number of nitrogens with zero attached hydrogens (tertiary/aromatic N) is 2. The van der Waals surface area contributed by atoms with Crippen LogP contribution in [-0.4, -0.2) is 20.6 Å². The zero-order valence-electron chi connectivity index (χ0n) is 17.0. The Balaban J connectivity index is 2.11. The standard InChI is InChI=1S/C25H23ClN2O2/c1-3-4-14-22-27-23-16(2)18(17-10-6-5-7-11-17)15-19(25(29)30)24(23)28(22)21-13-9-8-12-20(21)26/h5-13,15H,3-4,14H2,1-2H3,(H,29,30). The number of carbonyl (C=O) groups is 1. The van der Waals surface area contributed by atoms with E-state index in [4.69, 9.17) is 16.6 Å². The van der Waals surface area contributed by atoms with Gasteiger partial charge in [-0.25, -0.2) is 9.78 Å². The van der Waals surface area contributed by atoms with Gasteiger partial charge in [0, 0.05) is 6.42 Å². The van der Waals surface area contributed by atoms with Gasteiger partial charge in [-0.1, -0.05) is 67.4 Å². The minimum atomic E-state index is -0.979. The van der Waals surface area contributed by atoms with Crippen molar-refractivity contribution < 1.29 is 9.90 Å². The summed E-state index contributed by atoms with van der Waals surface area (Å²) in [7, 11) is 0. The van der Waals surface area contributed by atoms with Gasteiger partial charge in [-0.05, 0) is 48.2 Å². The van der Waals surface area contributed by atoms with Gasteiger partial charge in [0.1, 0.15) is 5.82 Å². The summed E-state index contributed by atoms with van der Waals surface area (Å²) in [6.45, 7) is 4.13. The van der Waals surface area contributed by atoms with Crippen molar-refractivity contribution in [1.29, 1.82) is 0 Å². The summed E-state index contributed by atoms with van der Waals surface area (Å²) in [6.07, 6.45) is 2.72. The number of fused-ring (bicyclic) bond motifs is 1. The lowest BCUT2D eigenvalue weighted by Gasteiger charge is -2.14. The van der Waals surface area contributed by atoms with Gasteiger partial charge >= 0.3 is 5.97 Å². The summed E-state index contributed by atoms with van der Waals surface area (Å²) >= 11 is 6.52. The first kappa shape index (κ1) is 20.2. The van der Waals surface area contributed by atoms with Crippen LogP contribution in [0, 0.1) is 6.92 Å². The summed E-state index contributed by atoms with van der Waals surface area (Å²) in [5, 5.41) is 10.7. The molecule has 0 aliphatic carbocycles. The number of carboxylic acid groups (broad SMARTS) is 1. The molecular weight excluding hydrogens is 396 g/mol. The molecule has 30 heavy (non-hydrogen) atoms. The van der Waals surface area contributed by atoms with E-state index in [1.54, 1.807) is 6.07 Å². The molecule has 0 aliphatic rings. The van der Waals surface area contributed by atoms with Gasteiger partial charge in [0.25, 0.3) is 0 Å². The highest BCUT2D eigenvalue weighted by Gasteiger charge is 2.24. The van der Waals surface area contributed by atoms with Crippen LogP contribution in [-0.2, 0) is 6.42 Å². The molecule has 0 bridgehead atoms. The van der Waals surface area contributed by atoms with Crippen molar-refractivity contribution in [2.75, 3.05) is 0 Å². The molecule has 0 saturated carbocycles. The molecule has 0 unspecified atom stereocenters. The zero-order valence-corrected chi connectivity index (χ0v) is 17.8. The third-order valence-corrected chi connectivity index (χ3v) is 5.73. The second-order valence-electron chi connectivity index (χ2n) is 7.38. The molecule has 4 nitrogen and oxygen atoms in total. The van der Waals surface area contributed by atoms with Gasteiger partial charge < -0.3 is 5.11 Å². The molecule has 0 aliphatic heterocycles. The van der Waals surface area contributed by atoms with Crippen molar-refractivity contribution in [2.45, 2.75) is 33.1 Å². The van der Waals surface area contributed by atoms with Crippen LogP contribution in [0.2, 0.25) is 5.02 Å². The van der Waals surface area contributed by atoms with Crippen molar-refractivity contribution in [3.63, 3.8) is 0 Å². The van der Waals surface area contributed by atoms with Crippen LogP contribution in [0.4, 0.5) is 0 Å². The molecule has 4 rings (SSSR count). The first-order valence-corrected chi connectivity index (χ1v) is 10.5. The summed E-state index contributed by atoms with van der Waals surface area (Å²) < 4.78 is 1.93. The average Bonchev–Trinajstić information content (AvgIpc) is 3.13. The van der Waals surface area contributed by atoms with Gasteiger partial charge in [-0.2, -0.15) is 0 Å². The number of imidazole rings is 1. The van der Waals surface area contributed by atoms with E-state index in [2.05, 4.69) is 6.92 Å². The molecule has 0 fully saturated rings. The molecule has 5 heteroatoms. The fourth-order valence-corrected chi connectivity index (χ4v) is 4.12. The number of para-hydroxylation sites is 1.